The Morgan fingerprint density at radius 2 is 2.00 bits per heavy atom. The van der Waals surface area contributed by atoms with Crippen molar-refractivity contribution in [3.05, 3.63) is 53.6 Å². The summed E-state index contributed by atoms with van der Waals surface area (Å²) in [6.07, 6.45) is 0. The van der Waals surface area contributed by atoms with Gasteiger partial charge in [0.15, 0.2) is 0 Å². The third-order valence-electron chi connectivity index (χ3n) is 2.93. The summed E-state index contributed by atoms with van der Waals surface area (Å²) < 4.78 is 1.07. The van der Waals surface area contributed by atoms with Gasteiger partial charge in [-0.3, -0.25) is 0 Å². The number of carboxylic acids is 1. The second kappa shape index (κ2) is 4.48. The Labute approximate surface area is 114 Å². The summed E-state index contributed by atoms with van der Waals surface area (Å²) >= 11 is 1.52. The van der Waals surface area contributed by atoms with Gasteiger partial charge in [-0.2, -0.15) is 0 Å². The normalized spacial score (nSPS) is 10.8. The average Bonchev–Trinajstić information content (AvgIpc) is 2.81. The quantitative estimate of drug-likeness (QED) is 0.765. The first-order valence-electron chi connectivity index (χ1n) is 5.85. The summed E-state index contributed by atoms with van der Waals surface area (Å²) in [5, 5.41) is 9.97. The number of aromatic nitrogens is 1. The smallest absolute Gasteiger partial charge is 0.336 e. The molecular weight excluding hydrogens is 258 g/mol. The minimum atomic E-state index is -0.925. The Hall–Kier alpha value is -2.20. The molecule has 0 radical (unpaired) electrons. The summed E-state index contributed by atoms with van der Waals surface area (Å²) in [6.45, 7) is 2.02. The van der Waals surface area contributed by atoms with Crippen LogP contribution in [0.25, 0.3) is 20.8 Å². The highest BCUT2D eigenvalue weighted by Gasteiger charge is 2.14. The van der Waals surface area contributed by atoms with Gasteiger partial charge in [0.05, 0.1) is 15.8 Å². The van der Waals surface area contributed by atoms with Crippen LogP contribution in [-0.4, -0.2) is 16.1 Å². The number of nitrogens with zero attached hydrogens (tertiary/aromatic N) is 1. The predicted octanol–water partition coefficient (Wildman–Crippen LogP) is 3.97. The molecule has 1 heterocycles. The Morgan fingerprint density at radius 1 is 1.21 bits per heavy atom. The fraction of sp³-hybridized carbons (Fsp3) is 0.0667. The van der Waals surface area contributed by atoms with Gasteiger partial charge in [-0.25, -0.2) is 9.78 Å². The van der Waals surface area contributed by atoms with Gasteiger partial charge in [0.2, 0.25) is 0 Å². The number of aromatic carboxylic acids is 1. The molecule has 0 spiro atoms. The molecule has 3 nitrogen and oxygen atoms in total. The lowest BCUT2D eigenvalue weighted by molar-refractivity contribution is 0.0697. The first kappa shape index (κ1) is 11.9. The maximum absolute atomic E-state index is 11.2. The SMILES string of the molecule is Cc1ccc2sc(-c3ccccc3C(=O)O)nc2c1. The Bertz CT molecular complexity index is 777. The molecule has 4 heteroatoms. The van der Waals surface area contributed by atoms with Crippen LogP contribution in [0.4, 0.5) is 0 Å². The van der Waals surface area contributed by atoms with Crippen LogP contribution < -0.4 is 0 Å². The zero-order valence-corrected chi connectivity index (χ0v) is 11.1. The summed E-state index contributed by atoms with van der Waals surface area (Å²) in [6, 6.07) is 13.0. The molecule has 0 saturated carbocycles. The van der Waals surface area contributed by atoms with Crippen molar-refractivity contribution >= 4 is 27.5 Å². The van der Waals surface area contributed by atoms with E-state index in [1.165, 1.54) is 11.3 Å². The molecule has 3 aromatic rings. The van der Waals surface area contributed by atoms with Crippen LogP contribution in [0.5, 0.6) is 0 Å². The molecule has 94 valence electrons. The molecule has 1 N–H and O–H groups in total. The first-order valence-corrected chi connectivity index (χ1v) is 6.67. The molecule has 0 bridgehead atoms. The second-order valence-corrected chi connectivity index (χ2v) is 5.37. The van der Waals surface area contributed by atoms with Gasteiger partial charge in [-0.1, -0.05) is 24.3 Å². The van der Waals surface area contributed by atoms with Crippen molar-refractivity contribution in [3.63, 3.8) is 0 Å². The van der Waals surface area contributed by atoms with Crippen LogP contribution in [0, 0.1) is 6.92 Å². The van der Waals surface area contributed by atoms with Crippen molar-refractivity contribution in [3.8, 4) is 10.6 Å². The van der Waals surface area contributed by atoms with Crippen molar-refractivity contribution in [2.24, 2.45) is 0 Å². The Balaban J connectivity index is 2.22. The van der Waals surface area contributed by atoms with E-state index < -0.39 is 5.97 Å². The summed E-state index contributed by atoms with van der Waals surface area (Å²) in [5.41, 5.74) is 3.03. The van der Waals surface area contributed by atoms with E-state index in [-0.39, 0.29) is 0 Å². The molecule has 0 saturated heterocycles. The number of benzene rings is 2. The lowest BCUT2D eigenvalue weighted by Crippen LogP contribution is -1.98. The van der Waals surface area contributed by atoms with Crippen LogP contribution in [0.3, 0.4) is 0 Å². The average molecular weight is 269 g/mol. The number of carbonyl (C=O) groups is 1. The van der Waals surface area contributed by atoms with E-state index in [1.807, 2.05) is 31.2 Å². The largest absolute Gasteiger partial charge is 0.478 e. The van der Waals surface area contributed by atoms with E-state index in [2.05, 4.69) is 4.98 Å². The van der Waals surface area contributed by atoms with Crippen molar-refractivity contribution in [2.45, 2.75) is 6.92 Å². The standard InChI is InChI=1S/C15H11NO2S/c1-9-6-7-13-12(8-9)16-14(19-13)10-4-2-3-5-11(10)15(17)18/h2-8H,1H3,(H,17,18). The van der Waals surface area contributed by atoms with Gasteiger partial charge >= 0.3 is 5.97 Å². The monoisotopic (exact) mass is 269 g/mol. The molecule has 1 aromatic heterocycles. The van der Waals surface area contributed by atoms with Gasteiger partial charge in [-0.05, 0) is 30.7 Å². The molecule has 0 amide bonds. The molecule has 0 aliphatic carbocycles. The van der Waals surface area contributed by atoms with E-state index in [4.69, 9.17) is 0 Å². The lowest BCUT2D eigenvalue weighted by Gasteiger charge is -2.01. The zero-order chi connectivity index (χ0) is 13.4. The molecule has 0 aliphatic rings. The van der Waals surface area contributed by atoms with E-state index in [9.17, 15) is 9.90 Å². The van der Waals surface area contributed by atoms with E-state index in [0.29, 0.717) is 11.1 Å². The Morgan fingerprint density at radius 3 is 2.79 bits per heavy atom. The maximum Gasteiger partial charge on any atom is 0.336 e. The zero-order valence-electron chi connectivity index (χ0n) is 10.3. The van der Waals surface area contributed by atoms with Crippen molar-refractivity contribution in [1.29, 1.82) is 0 Å². The number of rotatable bonds is 2. The fourth-order valence-electron chi connectivity index (χ4n) is 2.01. The first-order chi connectivity index (χ1) is 9.15. The highest BCUT2D eigenvalue weighted by Crippen LogP contribution is 2.32. The Kier molecular flexibility index (Phi) is 2.80. The number of thiazole rings is 1. The topological polar surface area (TPSA) is 50.2 Å². The van der Waals surface area contributed by atoms with Crippen LogP contribution >= 0.6 is 11.3 Å². The van der Waals surface area contributed by atoms with E-state index in [0.717, 1.165) is 20.8 Å². The van der Waals surface area contributed by atoms with Crippen molar-refractivity contribution in [1.82, 2.24) is 4.98 Å². The van der Waals surface area contributed by atoms with Gasteiger partial charge in [0, 0.05) is 5.56 Å². The second-order valence-electron chi connectivity index (χ2n) is 4.34. The van der Waals surface area contributed by atoms with Gasteiger partial charge in [0.25, 0.3) is 0 Å². The highest BCUT2D eigenvalue weighted by molar-refractivity contribution is 7.21. The van der Waals surface area contributed by atoms with E-state index >= 15 is 0 Å². The van der Waals surface area contributed by atoms with Crippen molar-refractivity contribution < 1.29 is 9.90 Å². The molecule has 3 rings (SSSR count). The summed E-state index contributed by atoms with van der Waals surface area (Å²) in [4.78, 5) is 15.8. The molecule has 0 atom stereocenters. The number of fused-ring (bicyclic) bond motifs is 1. The third kappa shape index (κ3) is 2.11. The number of hydrogen-bond donors (Lipinski definition) is 1. The van der Waals surface area contributed by atoms with Crippen LogP contribution in [0.1, 0.15) is 15.9 Å². The van der Waals surface area contributed by atoms with E-state index in [1.54, 1.807) is 18.2 Å². The maximum atomic E-state index is 11.2. The number of aryl methyl sites for hydroxylation is 1. The minimum absolute atomic E-state index is 0.290. The number of carboxylic acid groups (broad SMARTS) is 1. The molecule has 0 fully saturated rings. The van der Waals surface area contributed by atoms with Gasteiger partial charge in [0.1, 0.15) is 5.01 Å². The minimum Gasteiger partial charge on any atom is -0.478 e. The molecule has 2 aromatic carbocycles. The third-order valence-corrected chi connectivity index (χ3v) is 4.00. The number of hydrogen-bond acceptors (Lipinski definition) is 3. The molecule has 0 unspecified atom stereocenters. The lowest BCUT2D eigenvalue weighted by atomic mass is 10.1. The van der Waals surface area contributed by atoms with Crippen LogP contribution in [-0.2, 0) is 0 Å². The van der Waals surface area contributed by atoms with Gasteiger partial charge in [-0.15, -0.1) is 11.3 Å². The van der Waals surface area contributed by atoms with Crippen LogP contribution in [0.2, 0.25) is 0 Å². The highest BCUT2D eigenvalue weighted by atomic mass is 32.1. The molecule has 0 aliphatic heterocycles. The van der Waals surface area contributed by atoms with Crippen LogP contribution in [0.15, 0.2) is 42.5 Å². The summed E-state index contributed by atoms with van der Waals surface area (Å²) in [5.74, 6) is -0.925. The predicted molar refractivity (Wildman–Crippen MR) is 76.8 cm³/mol. The molecular formula is C15H11NO2S. The fourth-order valence-corrected chi connectivity index (χ4v) is 2.99. The molecule has 19 heavy (non-hydrogen) atoms. The van der Waals surface area contributed by atoms with Gasteiger partial charge < -0.3 is 5.11 Å². The summed E-state index contributed by atoms with van der Waals surface area (Å²) in [7, 11) is 0. The van der Waals surface area contributed by atoms with Crippen molar-refractivity contribution in [2.75, 3.05) is 0 Å².